The number of benzene rings is 2. The number of carbonyl (C=O) groups is 1. The van der Waals surface area contributed by atoms with Crippen LogP contribution in [0.5, 0.6) is 0 Å². The van der Waals surface area contributed by atoms with Gasteiger partial charge in [-0.25, -0.2) is 9.79 Å². The van der Waals surface area contributed by atoms with E-state index in [-0.39, 0.29) is 12.2 Å². The number of carbonyl (C=O) groups excluding carboxylic acids is 1. The topological polar surface area (TPSA) is 65.6 Å². The number of hydrogen-bond donors (Lipinski definition) is 0. The van der Waals surface area contributed by atoms with Gasteiger partial charge in [0.25, 0.3) is 5.56 Å². The van der Waals surface area contributed by atoms with Crippen molar-refractivity contribution in [2.24, 2.45) is 4.99 Å². The molecule has 2 aromatic carbocycles. The number of allylic oxidation sites excluding steroid dienone is 1. The van der Waals surface area contributed by atoms with Crippen molar-refractivity contribution in [1.82, 2.24) is 9.13 Å². The Morgan fingerprint density at radius 1 is 1.05 bits per heavy atom. The van der Waals surface area contributed by atoms with Crippen molar-refractivity contribution >= 4 is 46.6 Å². The molecule has 0 N–H and O–H groups in total. The molecule has 0 aliphatic carbocycles. The van der Waals surface area contributed by atoms with Crippen LogP contribution in [-0.4, -0.2) is 21.7 Å². The second kappa shape index (κ2) is 10.6. The van der Waals surface area contributed by atoms with Crippen LogP contribution in [0.2, 0.25) is 10.0 Å². The Morgan fingerprint density at radius 3 is 2.44 bits per heavy atom. The van der Waals surface area contributed by atoms with Gasteiger partial charge < -0.3 is 9.30 Å². The van der Waals surface area contributed by atoms with Gasteiger partial charge >= 0.3 is 5.97 Å². The van der Waals surface area contributed by atoms with Crippen molar-refractivity contribution in [2.75, 3.05) is 6.61 Å². The zero-order chi connectivity index (χ0) is 28.0. The van der Waals surface area contributed by atoms with Gasteiger partial charge in [0.1, 0.15) is 0 Å². The molecule has 5 rings (SSSR count). The third-order valence-electron chi connectivity index (χ3n) is 6.83. The molecular weight excluding hydrogens is 553 g/mol. The molecule has 0 bridgehead atoms. The normalized spacial score (nSPS) is 15.4. The summed E-state index contributed by atoms with van der Waals surface area (Å²) in [4.78, 5) is 32.2. The summed E-state index contributed by atoms with van der Waals surface area (Å²) in [5.74, 6) is -0.469. The summed E-state index contributed by atoms with van der Waals surface area (Å²) < 4.78 is 9.59. The molecule has 0 saturated carbocycles. The monoisotopic (exact) mass is 579 g/mol. The zero-order valence-corrected chi connectivity index (χ0v) is 24.5. The summed E-state index contributed by atoms with van der Waals surface area (Å²) in [6, 6.07) is 14.7. The molecule has 0 saturated heterocycles. The van der Waals surface area contributed by atoms with Crippen molar-refractivity contribution in [3.63, 3.8) is 0 Å². The second-order valence-corrected chi connectivity index (χ2v) is 11.3. The van der Waals surface area contributed by atoms with E-state index >= 15 is 0 Å². The molecule has 1 aliphatic rings. The molecule has 1 atom stereocenters. The fourth-order valence-electron chi connectivity index (χ4n) is 4.95. The summed E-state index contributed by atoms with van der Waals surface area (Å²) in [5.41, 5.74) is 6.34. The number of ether oxygens (including phenoxy) is 1. The number of aromatic nitrogens is 2. The Kier molecular flexibility index (Phi) is 7.42. The molecule has 9 heteroatoms. The molecule has 1 aliphatic heterocycles. The van der Waals surface area contributed by atoms with Crippen molar-refractivity contribution in [1.29, 1.82) is 0 Å². The molecule has 0 radical (unpaired) electrons. The minimum absolute atomic E-state index is 0.210. The van der Waals surface area contributed by atoms with Gasteiger partial charge in [-0.05, 0) is 76.1 Å². The highest BCUT2D eigenvalue weighted by Gasteiger charge is 2.33. The fourth-order valence-corrected chi connectivity index (χ4v) is 6.28. The van der Waals surface area contributed by atoms with Crippen molar-refractivity contribution < 1.29 is 9.53 Å². The Hall–Kier alpha value is -3.39. The van der Waals surface area contributed by atoms with Crippen molar-refractivity contribution in [3.8, 4) is 5.69 Å². The molecule has 0 spiro atoms. The molecule has 3 heterocycles. The summed E-state index contributed by atoms with van der Waals surface area (Å²) in [7, 11) is 0. The standard InChI is InChI=1S/C30H27Cl2N3O3S/c1-6-38-29(37)26-18(4)33-30-35(27(26)20-9-7-16(2)8-10-20)28(36)25(39-30)14-21-13-17(3)34(19(21)5)22-11-12-23(31)24(32)15-22/h7-15,27H,6H2,1-5H3/t27-/m1/s1. The van der Waals surface area contributed by atoms with E-state index in [0.29, 0.717) is 30.6 Å². The van der Waals surface area contributed by atoms with Crippen molar-refractivity contribution in [3.05, 3.63) is 118 Å². The molecule has 0 fully saturated rings. The van der Waals surface area contributed by atoms with E-state index in [9.17, 15) is 9.59 Å². The van der Waals surface area contributed by atoms with Gasteiger partial charge in [-0.3, -0.25) is 9.36 Å². The first-order chi connectivity index (χ1) is 18.6. The smallest absolute Gasteiger partial charge is 0.338 e. The Labute approximate surface area is 240 Å². The highest BCUT2D eigenvalue weighted by Crippen LogP contribution is 2.31. The Morgan fingerprint density at radius 2 is 1.77 bits per heavy atom. The lowest BCUT2D eigenvalue weighted by atomic mass is 9.95. The maximum Gasteiger partial charge on any atom is 0.338 e. The molecule has 0 unspecified atom stereocenters. The minimum atomic E-state index is -0.633. The molecule has 200 valence electrons. The maximum absolute atomic E-state index is 13.9. The minimum Gasteiger partial charge on any atom is -0.463 e. The van der Waals surface area contributed by atoms with Gasteiger partial charge in [-0.2, -0.15) is 0 Å². The highest BCUT2D eigenvalue weighted by molar-refractivity contribution is 7.07. The first kappa shape index (κ1) is 27.2. The number of esters is 1. The molecule has 6 nitrogen and oxygen atoms in total. The van der Waals surface area contributed by atoms with E-state index in [2.05, 4.69) is 9.56 Å². The third kappa shape index (κ3) is 4.91. The van der Waals surface area contributed by atoms with Gasteiger partial charge in [0.15, 0.2) is 4.80 Å². The highest BCUT2D eigenvalue weighted by atomic mass is 35.5. The Bertz CT molecular complexity index is 1830. The van der Waals surface area contributed by atoms with Crippen LogP contribution in [0.4, 0.5) is 0 Å². The lowest BCUT2D eigenvalue weighted by Crippen LogP contribution is -2.39. The predicted molar refractivity (Wildman–Crippen MR) is 157 cm³/mol. The average molecular weight is 581 g/mol. The largest absolute Gasteiger partial charge is 0.463 e. The van der Waals surface area contributed by atoms with E-state index < -0.39 is 12.0 Å². The van der Waals surface area contributed by atoms with E-state index in [1.807, 2.05) is 69.3 Å². The number of aryl methyl sites for hydroxylation is 2. The van der Waals surface area contributed by atoms with Gasteiger partial charge in [-0.15, -0.1) is 0 Å². The maximum atomic E-state index is 13.9. The first-order valence-corrected chi connectivity index (χ1v) is 14.1. The summed E-state index contributed by atoms with van der Waals surface area (Å²) in [5, 5.41) is 0.963. The zero-order valence-electron chi connectivity index (χ0n) is 22.2. The van der Waals surface area contributed by atoms with Gasteiger partial charge in [0.05, 0.1) is 38.5 Å². The molecule has 2 aromatic heterocycles. The van der Waals surface area contributed by atoms with Crippen LogP contribution in [-0.2, 0) is 9.53 Å². The van der Waals surface area contributed by atoms with Crippen LogP contribution >= 0.6 is 34.5 Å². The summed E-state index contributed by atoms with van der Waals surface area (Å²) >= 11 is 13.7. The molecule has 0 amide bonds. The number of halogens is 2. The van der Waals surface area contributed by atoms with E-state index in [1.54, 1.807) is 24.5 Å². The lowest BCUT2D eigenvalue weighted by Gasteiger charge is -2.24. The number of nitrogens with zero attached hydrogens (tertiary/aromatic N) is 3. The second-order valence-electron chi connectivity index (χ2n) is 9.47. The van der Waals surface area contributed by atoms with E-state index in [0.717, 1.165) is 33.8 Å². The van der Waals surface area contributed by atoms with Crippen molar-refractivity contribution in [2.45, 2.75) is 40.7 Å². The van der Waals surface area contributed by atoms with Gasteiger partial charge in [0, 0.05) is 17.1 Å². The van der Waals surface area contributed by atoms with Crippen LogP contribution in [0.25, 0.3) is 11.8 Å². The quantitative estimate of drug-likeness (QED) is 0.280. The number of fused-ring (bicyclic) bond motifs is 1. The average Bonchev–Trinajstić information content (AvgIpc) is 3.35. The van der Waals surface area contributed by atoms with Crippen LogP contribution in [0, 0.1) is 20.8 Å². The van der Waals surface area contributed by atoms with Crippen LogP contribution in [0.3, 0.4) is 0 Å². The predicted octanol–water partition coefficient (Wildman–Crippen LogP) is 5.82. The number of rotatable bonds is 5. The summed E-state index contributed by atoms with van der Waals surface area (Å²) in [6.07, 6.45) is 1.88. The number of hydrogen-bond acceptors (Lipinski definition) is 5. The number of thiazole rings is 1. The lowest BCUT2D eigenvalue weighted by molar-refractivity contribution is -0.139. The van der Waals surface area contributed by atoms with Gasteiger partial charge in [0.2, 0.25) is 0 Å². The SMILES string of the molecule is CCOC(=O)C1=C(C)N=c2sc(=Cc3cc(C)n(-c4ccc(Cl)c(Cl)c4)c3C)c(=O)n2[C@@H]1c1ccc(C)cc1. The fraction of sp³-hybridized carbons (Fsp3) is 0.233. The molecule has 4 aromatic rings. The van der Waals surface area contributed by atoms with Crippen LogP contribution in [0.15, 0.2) is 69.6 Å². The molecule has 39 heavy (non-hydrogen) atoms. The van der Waals surface area contributed by atoms with Crippen LogP contribution in [0.1, 0.15) is 48.0 Å². The van der Waals surface area contributed by atoms with Crippen LogP contribution < -0.4 is 14.9 Å². The Balaban J connectivity index is 1.68. The van der Waals surface area contributed by atoms with E-state index in [4.69, 9.17) is 27.9 Å². The van der Waals surface area contributed by atoms with E-state index in [1.165, 1.54) is 11.3 Å². The first-order valence-electron chi connectivity index (χ1n) is 12.5. The van der Waals surface area contributed by atoms with Gasteiger partial charge in [-0.1, -0.05) is 64.4 Å². The summed E-state index contributed by atoms with van der Waals surface area (Å²) in [6.45, 7) is 9.77. The molecular formula is C30H27Cl2N3O3S. The third-order valence-corrected chi connectivity index (χ3v) is 8.55.